The zero-order valence-electron chi connectivity index (χ0n) is 11.1. The molecule has 0 saturated carbocycles. The maximum atomic E-state index is 13.5. The first-order valence-corrected chi connectivity index (χ1v) is 6.88. The molecule has 1 aromatic carbocycles. The van der Waals surface area contributed by atoms with E-state index in [1.807, 2.05) is 5.38 Å². The summed E-state index contributed by atoms with van der Waals surface area (Å²) in [4.78, 5) is 4.46. The molecule has 0 atom stereocenters. The van der Waals surface area contributed by atoms with Crippen molar-refractivity contribution in [3.8, 4) is 11.5 Å². The van der Waals surface area contributed by atoms with Gasteiger partial charge in [0.25, 0.3) is 0 Å². The van der Waals surface area contributed by atoms with Crippen molar-refractivity contribution in [3.05, 3.63) is 40.1 Å². The van der Waals surface area contributed by atoms with E-state index in [2.05, 4.69) is 18.8 Å². The summed E-state index contributed by atoms with van der Waals surface area (Å²) in [5, 5.41) is 3.05. The minimum absolute atomic E-state index is 0.211. The van der Waals surface area contributed by atoms with Crippen molar-refractivity contribution >= 4 is 11.3 Å². The van der Waals surface area contributed by atoms with Gasteiger partial charge in [0.1, 0.15) is 12.4 Å². The van der Waals surface area contributed by atoms with Crippen LogP contribution in [-0.2, 0) is 6.61 Å². The molecule has 0 radical (unpaired) electrons. The Kier molecular flexibility index (Phi) is 4.37. The number of ether oxygens (including phenoxy) is 2. The summed E-state index contributed by atoms with van der Waals surface area (Å²) in [6.45, 7) is 4.54. The lowest BCUT2D eigenvalue weighted by atomic mass is 10.2. The molecule has 19 heavy (non-hydrogen) atoms. The zero-order valence-corrected chi connectivity index (χ0v) is 12.0. The molecule has 5 heteroatoms. The first-order valence-electron chi connectivity index (χ1n) is 6.00. The maximum absolute atomic E-state index is 13.5. The number of hydrogen-bond acceptors (Lipinski definition) is 4. The second-order valence-corrected chi connectivity index (χ2v) is 5.31. The summed E-state index contributed by atoms with van der Waals surface area (Å²) in [6.07, 6.45) is 0. The highest BCUT2D eigenvalue weighted by molar-refractivity contribution is 7.09. The van der Waals surface area contributed by atoms with Crippen molar-refractivity contribution in [2.45, 2.75) is 26.4 Å². The number of rotatable bonds is 5. The van der Waals surface area contributed by atoms with Crippen molar-refractivity contribution in [1.82, 2.24) is 4.98 Å². The fourth-order valence-electron chi connectivity index (χ4n) is 1.55. The second-order valence-electron chi connectivity index (χ2n) is 4.42. The molecule has 2 rings (SSSR count). The predicted octanol–water partition coefficient (Wildman–Crippen LogP) is 3.99. The number of benzene rings is 1. The number of methoxy groups -OCH3 is 1. The quantitative estimate of drug-likeness (QED) is 0.830. The van der Waals surface area contributed by atoms with Gasteiger partial charge >= 0.3 is 0 Å². The molecule has 0 amide bonds. The minimum atomic E-state index is -0.429. The van der Waals surface area contributed by atoms with E-state index in [0.717, 1.165) is 10.7 Å². The van der Waals surface area contributed by atoms with E-state index in [1.54, 1.807) is 23.5 Å². The van der Waals surface area contributed by atoms with E-state index in [9.17, 15) is 4.39 Å². The van der Waals surface area contributed by atoms with Gasteiger partial charge in [0.05, 0.1) is 17.8 Å². The molecule has 0 bridgehead atoms. The average Bonchev–Trinajstić information content (AvgIpc) is 2.85. The first kappa shape index (κ1) is 13.8. The van der Waals surface area contributed by atoms with E-state index < -0.39 is 5.82 Å². The van der Waals surface area contributed by atoms with Crippen LogP contribution in [0.25, 0.3) is 0 Å². The van der Waals surface area contributed by atoms with Gasteiger partial charge < -0.3 is 9.47 Å². The highest BCUT2D eigenvalue weighted by atomic mass is 32.1. The van der Waals surface area contributed by atoms with Crippen molar-refractivity contribution in [2.75, 3.05) is 7.11 Å². The molecule has 1 aromatic heterocycles. The van der Waals surface area contributed by atoms with Gasteiger partial charge in [0.15, 0.2) is 11.6 Å². The van der Waals surface area contributed by atoms with Crippen LogP contribution < -0.4 is 9.47 Å². The Bertz CT molecular complexity index is 554. The third kappa shape index (κ3) is 3.44. The van der Waals surface area contributed by atoms with Crippen molar-refractivity contribution in [1.29, 1.82) is 0 Å². The second kappa shape index (κ2) is 6.02. The standard InChI is InChI=1S/C14H16FNO2S/c1-9(2)14-16-10(8-19-14)7-18-11-4-5-13(17-3)12(15)6-11/h4-6,8-9H,7H2,1-3H3. The molecule has 0 N–H and O–H groups in total. The summed E-state index contributed by atoms with van der Waals surface area (Å²) >= 11 is 1.62. The summed E-state index contributed by atoms with van der Waals surface area (Å²) < 4.78 is 23.8. The van der Waals surface area contributed by atoms with Gasteiger partial charge in [-0.15, -0.1) is 11.3 Å². The van der Waals surface area contributed by atoms with Crippen molar-refractivity contribution < 1.29 is 13.9 Å². The Balaban J connectivity index is 1.99. The molecular weight excluding hydrogens is 265 g/mol. The lowest BCUT2D eigenvalue weighted by Crippen LogP contribution is -1.97. The smallest absolute Gasteiger partial charge is 0.168 e. The summed E-state index contributed by atoms with van der Waals surface area (Å²) in [7, 11) is 1.43. The molecule has 0 saturated heterocycles. The van der Waals surface area contributed by atoms with E-state index in [0.29, 0.717) is 18.3 Å². The van der Waals surface area contributed by atoms with Crippen LogP contribution in [0.5, 0.6) is 11.5 Å². The van der Waals surface area contributed by atoms with E-state index in [4.69, 9.17) is 9.47 Å². The largest absolute Gasteiger partial charge is 0.494 e. The van der Waals surface area contributed by atoms with E-state index >= 15 is 0 Å². The highest BCUT2D eigenvalue weighted by Crippen LogP contribution is 2.24. The van der Waals surface area contributed by atoms with Crippen LogP contribution in [0, 0.1) is 5.82 Å². The van der Waals surface area contributed by atoms with Crippen LogP contribution in [0.1, 0.15) is 30.5 Å². The number of halogens is 1. The zero-order chi connectivity index (χ0) is 13.8. The van der Waals surface area contributed by atoms with Crippen LogP contribution >= 0.6 is 11.3 Å². The summed E-state index contributed by atoms with van der Waals surface area (Å²) in [6, 6.07) is 4.54. The fourth-order valence-corrected chi connectivity index (χ4v) is 2.37. The van der Waals surface area contributed by atoms with Crippen LogP contribution in [-0.4, -0.2) is 12.1 Å². The number of nitrogens with zero attached hydrogens (tertiary/aromatic N) is 1. The number of aromatic nitrogens is 1. The summed E-state index contributed by atoms with van der Waals surface area (Å²) in [5.74, 6) is 0.666. The Morgan fingerprint density at radius 3 is 2.74 bits per heavy atom. The minimum Gasteiger partial charge on any atom is -0.494 e. The van der Waals surface area contributed by atoms with Crippen LogP contribution in [0.4, 0.5) is 4.39 Å². The molecule has 0 spiro atoms. The average molecular weight is 281 g/mol. The van der Waals surface area contributed by atoms with Gasteiger partial charge in [0.2, 0.25) is 0 Å². The van der Waals surface area contributed by atoms with Gasteiger partial charge in [-0.25, -0.2) is 9.37 Å². The SMILES string of the molecule is COc1ccc(OCc2csc(C(C)C)n2)cc1F. The Labute approximate surface area is 116 Å². The Morgan fingerprint density at radius 1 is 1.37 bits per heavy atom. The number of hydrogen-bond donors (Lipinski definition) is 0. The van der Waals surface area contributed by atoms with Crippen molar-refractivity contribution in [3.63, 3.8) is 0 Å². The molecule has 0 aliphatic heterocycles. The molecule has 1 heterocycles. The molecule has 0 aliphatic rings. The van der Waals surface area contributed by atoms with Gasteiger partial charge in [-0.05, 0) is 12.1 Å². The van der Waals surface area contributed by atoms with E-state index in [-0.39, 0.29) is 5.75 Å². The molecule has 0 unspecified atom stereocenters. The Hall–Kier alpha value is -1.62. The third-order valence-electron chi connectivity index (χ3n) is 2.57. The monoisotopic (exact) mass is 281 g/mol. The highest BCUT2D eigenvalue weighted by Gasteiger charge is 2.08. The first-order chi connectivity index (χ1) is 9.10. The number of thiazole rings is 1. The topological polar surface area (TPSA) is 31.4 Å². The van der Waals surface area contributed by atoms with Gasteiger partial charge in [0, 0.05) is 17.4 Å². The van der Waals surface area contributed by atoms with Gasteiger partial charge in [-0.1, -0.05) is 13.8 Å². The van der Waals surface area contributed by atoms with Gasteiger partial charge in [-0.2, -0.15) is 0 Å². The fraction of sp³-hybridized carbons (Fsp3) is 0.357. The predicted molar refractivity (Wildman–Crippen MR) is 73.5 cm³/mol. The molecular formula is C14H16FNO2S. The lowest BCUT2D eigenvalue weighted by Gasteiger charge is -2.06. The normalized spacial score (nSPS) is 10.8. The molecule has 3 nitrogen and oxygen atoms in total. The molecule has 2 aromatic rings. The Morgan fingerprint density at radius 2 is 2.16 bits per heavy atom. The maximum Gasteiger partial charge on any atom is 0.168 e. The molecule has 102 valence electrons. The van der Waals surface area contributed by atoms with Crippen LogP contribution in [0.3, 0.4) is 0 Å². The van der Waals surface area contributed by atoms with Gasteiger partial charge in [-0.3, -0.25) is 0 Å². The van der Waals surface area contributed by atoms with Crippen LogP contribution in [0.2, 0.25) is 0 Å². The molecule has 0 fully saturated rings. The van der Waals surface area contributed by atoms with Crippen LogP contribution in [0.15, 0.2) is 23.6 Å². The van der Waals surface area contributed by atoms with E-state index in [1.165, 1.54) is 13.2 Å². The molecule has 0 aliphatic carbocycles. The van der Waals surface area contributed by atoms with Crippen molar-refractivity contribution in [2.24, 2.45) is 0 Å². The third-order valence-corrected chi connectivity index (χ3v) is 3.77. The lowest BCUT2D eigenvalue weighted by molar-refractivity contribution is 0.298. The summed E-state index contributed by atoms with van der Waals surface area (Å²) in [5.41, 5.74) is 0.866.